The largest absolute Gasteiger partial charge is 0.342 e. The van der Waals surface area contributed by atoms with Crippen LogP contribution >= 0.6 is 11.6 Å². The van der Waals surface area contributed by atoms with Crippen molar-refractivity contribution < 1.29 is 4.79 Å². The van der Waals surface area contributed by atoms with E-state index in [9.17, 15) is 4.79 Å². The van der Waals surface area contributed by atoms with Crippen molar-refractivity contribution >= 4 is 34.2 Å². The van der Waals surface area contributed by atoms with Gasteiger partial charge in [0.15, 0.2) is 0 Å². The third-order valence-corrected chi connectivity index (χ3v) is 5.30. The van der Waals surface area contributed by atoms with Gasteiger partial charge in [-0.3, -0.25) is 4.79 Å². The van der Waals surface area contributed by atoms with Crippen LogP contribution in [0.15, 0.2) is 36.4 Å². The smallest absolute Gasteiger partial charge is 0.236 e. The first kappa shape index (κ1) is 16.2. The van der Waals surface area contributed by atoms with E-state index in [1.807, 2.05) is 51.2 Å². The Bertz CT molecular complexity index is 990. The van der Waals surface area contributed by atoms with E-state index in [2.05, 4.69) is 11.1 Å². The molecule has 2 aromatic carbocycles. The average Bonchev–Trinajstić information content (AvgIpc) is 3.05. The number of anilines is 1. The van der Waals surface area contributed by atoms with Gasteiger partial charge in [-0.05, 0) is 55.7 Å². The highest BCUT2D eigenvalue weighted by Crippen LogP contribution is 2.42. The molecule has 0 bridgehead atoms. The quantitative estimate of drug-likeness (QED) is 0.765. The molecule has 1 aliphatic heterocycles. The van der Waals surface area contributed by atoms with Gasteiger partial charge in [0.05, 0.1) is 16.4 Å². The number of aryl methyl sites for hydroxylation is 2. The molecular formula is C20H20ClN3O. The van der Waals surface area contributed by atoms with E-state index in [4.69, 9.17) is 16.6 Å². The fourth-order valence-electron chi connectivity index (χ4n) is 3.59. The number of fused-ring (bicyclic) bond motifs is 2. The Kier molecular flexibility index (Phi) is 3.62. The van der Waals surface area contributed by atoms with Gasteiger partial charge in [-0.1, -0.05) is 23.7 Å². The van der Waals surface area contributed by atoms with Crippen LogP contribution in [0.3, 0.4) is 0 Å². The lowest BCUT2D eigenvalue weighted by Crippen LogP contribution is -2.33. The topological polar surface area (TPSA) is 49.0 Å². The van der Waals surface area contributed by atoms with Crippen molar-refractivity contribution in [1.29, 1.82) is 0 Å². The highest BCUT2D eigenvalue weighted by molar-refractivity contribution is 6.30. The van der Waals surface area contributed by atoms with E-state index in [1.54, 1.807) is 4.90 Å². The number of benzene rings is 2. The first-order valence-corrected chi connectivity index (χ1v) is 8.80. The molecule has 0 radical (unpaired) electrons. The van der Waals surface area contributed by atoms with Crippen LogP contribution in [0.2, 0.25) is 5.02 Å². The van der Waals surface area contributed by atoms with Gasteiger partial charge in [0.2, 0.25) is 5.91 Å². The molecule has 1 aromatic heterocycles. The number of H-pyrrole nitrogens is 1. The lowest BCUT2D eigenvalue weighted by Gasteiger charge is -2.16. The van der Waals surface area contributed by atoms with Crippen LogP contribution in [0.5, 0.6) is 0 Å². The van der Waals surface area contributed by atoms with E-state index in [1.165, 1.54) is 5.56 Å². The molecule has 0 aliphatic carbocycles. The molecule has 0 fully saturated rings. The fraction of sp³-hybridized carbons (Fsp3) is 0.300. The van der Waals surface area contributed by atoms with Gasteiger partial charge in [0.25, 0.3) is 0 Å². The van der Waals surface area contributed by atoms with Gasteiger partial charge in [0.1, 0.15) is 5.82 Å². The number of halogens is 1. The van der Waals surface area contributed by atoms with Crippen molar-refractivity contribution in [2.24, 2.45) is 0 Å². The number of hydrogen-bond donors (Lipinski definition) is 1. The summed E-state index contributed by atoms with van der Waals surface area (Å²) in [4.78, 5) is 22.3. The maximum atomic E-state index is 12.4. The Morgan fingerprint density at radius 1 is 1.20 bits per heavy atom. The van der Waals surface area contributed by atoms with Crippen LogP contribution in [0, 0.1) is 0 Å². The number of hydrogen-bond acceptors (Lipinski definition) is 2. The number of rotatable bonds is 3. The lowest BCUT2D eigenvalue weighted by atomic mass is 9.86. The van der Waals surface area contributed by atoms with Crippen LogP contribution in [-0.2, 0) is 23.1 Å². The van der Waals surface area contributed by atoms with Gasteiger partial charge < -0.3 is 9.88 Å². The minimum absolute atomic E-state index is 0.122. The Morgan fingerprint density at radius 3 is 2.76 bits per heavy atom. The number of aromatic amines is 1. The van der Waals surface area contributed by atoms with Crippen molar-refractivity contribution in [3.63, 3.8) is 0 Å². The average molecular weight is 354 g/mol. The Morgan fingerprint density at radius 2 is 2.00 bits per heavy atom. The first-order valence-electron chi connectivity index (χ1n) is 8.42. The molecule has 128 valence electrons. The van der Waals surface area contributed by atoms with Crippen LogP contribution in [0.4, 0.5) is 5.69 Å². The predicted octanol–water partition coefficient (Wildman–Crippen LogP) is 4.26. The summed E-state index contributed by atoms with van der Waals surface area (Å²) in [6, 6.07) is 12.0. The van der Waals surface area contributed by atoms with E-state index < -0.39 is 5.41 Å². The van der Waals surface area contributed by atoms with Gasteiger partial charge in [-0.25, -0.2) is 4.98 Å². The third-order valence-electron chi connectivity index (χ3n) is 5.06. The molecule has 0 spiro atoms. The number of likely N-dealkylation sites (N-methyl/N-ethyl adjacent to an activating group) is 1. The SMILES string of the molecule is CN1C(=O)C(C)(C)c2cc3nc(CCc4cccc(Cl)c4)[nH]c3cc21. The number of nitrogens with zero attached hydrogens (tertiary/aromatic N) is 2. The van der Waals surface area contributed by atoms with Gasteiger partial charge in [0, 0.05) is 24.2 Å². The van der Waals surface area contributed by atoms with Crippen LogP contribution in [0.1, 0.15) is 30.8 Å². The number of amides is 1. The van der Waals surface area contributed by atoms with Crippen LogP contribution in [0.25, 0.3) is 11.0 Å². The summed E-state index contributed by atoms with van der Waals surface area (Å²) in [7, 11) is 1.83. The molecule has 0 unspecified atom stereocenters. The first-order chi connectivity index (χ1) is 11.9. The van der Waals surface area contributed by atoms with Crippen LogP contribution in [-0.4, -0.2) is 22.9 Å². The fourth-order valence-corrected chi connectivity index (χ4v) is 3.81. The van der Waals surface area contributed by atoms with E-state index in [-0.39, 0.29) is 5.91 Å². The summed E-state index contributed by atoms with van der Waals surface area (Å²) in [5, 5.41) is 0.758. The van der Waals surface area contributed by atoms with Gasteiger partial charge in [-0.2, -0.15) is 0 Å². The number of imidazole rings is 1. The summed E-state index contributed by atoms with van der Waals surface area (Å²) < 4.78 is 0. The second-order valence-electron chi connectivity index (χ2n) is 7.19. The van der Waals surface area contributed by atoms with Crippen molar-refractivity contribution in [2.75, 3.05) is 11.9 Å². The number of carbonyl (C=O) groups is 1. The molecule has 1 N–H and O–H groups in total. The van der Waals surface area contributed by atoms with Gasteiger partial charge in [-0.15, -0.1) is 0 Å². The standard InChI is InChI=1S/C20H20ClN3O/c1-20(2)14-10-15-16(11-17(14)24(3)19(20)25)23-18(22-15)8-7-12-5-4-6-13(21)9-12/h4-6,9-11H,7-8H2,1-3H3,(H,22,23). The monoisotopic (exact) mass is 353 g/mol. The van der Waals surface area contributed by atoms with Crippen LogP contribution < -0.4 is 4.90 Å². The maximum Gasteiger partial charge on any atom is 0.236 e. The molecule has 5 heteroatoms. The minimum Gasteiger partial charge on any atom is -0.342 e. The van der Waals surface area contributed by atoms with Crippen molar-refractivity contribution in [3.05, 3.63) is 58.4 Å². The summed E-state index contributed by atoms with van der Waals surface area (Å²) in [5.41, 5.74) is 4.58. The molecular weight excluding hydrogens is 334 g/mol. The highest BCUT2D eigenvalue weighted by atomic mass is 35.5. The second kappa shape index (κ2) is 5.60. The molecule has 25 heavy (non-hydrogen) atoms. The lowest BCUT2D eigenvalue weighted by molar-refractivity contribution is -0.121. The zero-order valence-electron chi connectivity index (χ0n) is 14.6. The molecule has 0 saturated carbocycles. The minimum atomic E-state index is -0.502. The van der Waals surface area contributed by atoms with E-state index >= 15 is 0 Å². The molecule has 3 aromatic rings. The maximum absolute atomic E-state index is 12.4. The van der Waals surface area contributed by atoms with E-state index in [0.29, 0.717) is 0 Å². The summed E-state index contributed by atoms with van der Waals surface area (Å²) in [5.74, 6) is 1.07. The normalized spacial score (nSPS) is 15.8. The molecule has 4 nitrogen and oxygen atoms in total. The zero-order valence-corrected chi connectivity index (χ0v) is 15.3. The molecule has 0 atom stereocenters. The number of nitrogens with one attached hydrogen (secondary N) is 1. The summed E-state index contributed by atoms with van der Waals surface area (Å²) in [6.45, 7) is 3.94. The Balaban J connectivity index is 1.65. The zero-order chi connectivity index (χ0) is 17.8. The molecule has 1 amide bonds. The summed E-state index contributed by atoms with van der Waals surface area (Å²) in [6.07, 6.45) is 1.70. The molecule has 0 saturated heterocycles. The Hall–Kier alpha value is -2.33. The number of aromatic nitrogens is 2. The predicted molar refractivity (Wildman–Crippen MR) is 101 cm³/mol. The van der Waals surface area contributed by atoms with Gasteiger partial charge >= 0.3 is 0 Å². The van der Waals surface area contributed by atoms with Crippen molar-refractivity contribution in [3.8, 4) is 0 Å². The molecule has 4 rings (SSSR count). The highest BCUT2D eigenvalue weighted by Gasteiger charge is 2.42. The second-order valence-corrected chi connectivity index (χ2v) is 7.63. The third kappa shape index (κ3) is 2.61. The molecule has 2 heterocycles. The summed E-state index contributed by atoms with van der Waals surface area (Å²) >= 11 is 6.04. The molecule has 1 aliphatic rings. The Labute approximate surface area is 151 Å². The van der Waals surface area contributed by atoms with Crippen molar-refractivity contribution in [1.82, 2.24) is 9.97 Å². The van der Waals surface area contributed by atoms with Crippen molar-refractivity contribution in [2.45, 2.75) is 32.1 Å². The van der Waals surface area contributed by atoms with E-state index in [0.717, 1.165) is 46.0 Å². The number of carbonyl (C=O) groups excluding carboxylic acids is 1.